The summed E-state index contributed by atoms with van der Waals surface area (Å²) in [6, 6.07) is 0. The van der Waals surface area contributed by atoms with Gasteiger partial charge in [0.05, 0.1) is 10.8 Å². The predicted molar refractivity (Wildman–Crippen MR) is 71.2 cm³/mol. The lowest BCUT2D eigenvalue weighted by atomic mass is 9.99. The Labute approximate surface area is 109 Å². The Morgan fingerprint density at radius 2 is 2.12 bits per heavy atom. The molecule has 0 bridgehead atoms. The monoisotopic (exact) mass is 271 g/mol. The number of thioether (sulfide) groups is 2. The van der Waals surface area contributed by atoms with E-state index in [0.717, 1.165) is 30.3 Å². The highest BCUT2D eigenvalue weighted by Gasteiger charge is 2.36. The summed E-state index contributed by atoms with van der Waals surface area (Å²) >= 11 is 3.87. The van der Waals surface area contributed by atoms with Crippen LogP contribution in [0.1, 0.15) is 42.6 Å². The summed E-state index contributed by atoms with van der Waals surface area (Å²) in [5, 5.41) is 4.47. The first kappa shape index (κ1) is 11.9. The Hall–Kier alpha value is -0.200. The van der Waals surface area contributed by atoms with Crippen molar-refractivity contribution in [1.29, 1.82) is 0 Å². The van der Waals surface area contributed by atoms with Crippen LogP contribution in [0.15, 0.2) is 4.52 Å². The fraction of sp³-hybridized carbons (Fsp3) is 0.818. The fourth-order valence-electron chi connectivity index (χ4n) is 2.43. The van der Waals surface area contributed by atoms with E-state index in [1.807, 2.05) is 23.5 Å². The highest BCUT2D eigenvalue weighted by atomic mass is 32.2. The number of hydrogen-bond acceptors (Lipinski definition) is 6. The predicted octanol–water partition coefficient (Wildman–Crippen LogP) is 2.32. The topological polar surface area (TPSA) is 64.9 Å². The van der Waals surface area contributed by atoms with Crippen molar-refractivity contribution in [3.05, 3.63) is 11.7 Å². The molecule has 1 unspecified atom stereocenters. The van der Waals surface area contributed by atoms with Gasteiger partial charge < -0.3 is 10.3 Å². The van der Waals surface area contributed by atoms with Crippen LogP contribution in [0.3, 0.4) is 0 Å². The molecule has 1 saturated carbocycles. The molecule has 2 fully saturated rings. The zero-order chi connectivity index (χ0) is 11.7. The molecule has 94 valence electrons. The Morgan fingerprint density at radius 1 is 1.29 bits per heavy atom. The lowest BCUT2D eigenvalue weighted by molar-refractivity contribution is 0.350. The van der Waals surface area contributed by atoms with Crippen LogP contribution in [0.4, 0.5) is 0 Å². The molecule has 6 heteroatoms. The average Bonchev–Trinajstić information content (AvgIpc) is 2.99. The minimum Gasteiger partial charge on any atom is -0.338 e. The molecule has 3 rings (SSSR count). The summed E-state index contributed by atoms with van der Waals surface area (Å²) in [4.78, 5) is 4.55. The third kappa shape index (κ3) is 2.35. The van der Waals surface area contributed by atoms with E-state index in [-0.39, 0.29) is 5.54 Å². The van der Waals surface area contributed by atoms with E-state index in [1.165, 1.54) is 24.3 Å². The SMILES string of the molecule is NC1(c2noc(C3CSCCS3)n2)CCCC1. The Balaban J connectivity index is 1.77. The van der Waals surface area contributed by atoms with Gasteiger partial charge in [0.1, 0.15) is 0 Å². The van der Waals surface area contributed by atoms with Gasteiger partial charge in [0, 0.05) is 17.3 Å². The molecule has 4 nitrogen and oxygen atoms in total. The first-order valence-electron chi connectivity index (χ1n) is 6.10. The van der Waals surface area contributed by atoms with Crippen molar-refractivity contribution in [3.8, 4) is 0 Å². The number of nitrogens with two attached hydrogens (primary N) is 1. The standard InChI is InChI=1S/C11H17N3OS2/c12-11(3-1-2-4-11)10-13-9(15-14-10)8-7-16-5-6-17-8/h8H,1-7,12H2. The molecule has 1 saturated heterocycles. The van der Waals surface area contributed by atoms with Gasteiger partial charge in [-0.2, -0.15) is 16.7 Å². The highest BCUT2D eigenvalue weighted by Crippen LogP contribution is 2.38. The second kappa shape index (κ2) is 4.82. The van der Waals surface area contributed by atoms with Crippen LogP contribution < -0.4 is 5.73 Å². The zero-order valence-corrected chi connectivity index (χ0v) is 11.4. The molecule has 1 aromatic heterocycles. The maximum atomic E-state index is 6.33. The number of nitrogens with zero attached hydrogens (tertiary/aromatic N) is 2. The summed E-state index contributed by atoms with van der Waals surface area (Å²) in [5.41, 5.74) is 6.00. The van der Waals surface area contributed by atoms with Gasteiger partial charge in [-0.05, 0) is 12.8 Å². The summed E-state index contributed by atoms with van der Waals surface area (Å²) in [6.45, 7) is 0. The van der Waals surface area contributed by atoms with E-state index in [2.05, 4.69) is 10.1 Å². The first-order chi connectivity index (χ1) is 8.28. The minimum absolute atomic E-state index is 0.325. The van der Waals surface area contributed by atoms with E-state index in [4.69, 9.17) is 10.3 Å². The van der Waals surface area contributed by atoms with Crippen molar-refractivity contribution in [1.82, 2.24) is 10.1 Å². The van der Waals surface area contributed by atoms with E-state index in [0.29, 0.717) is 5.25 Å². The summed E-state index contributed by atoms with van der Waals surface area (Å²) in [6.07, 6.45) is 4.32. The molecule has 0 radical (unpaired) electrons. The molecule has 1 aliphatic heterocycles. The number of aromatic nitrogens is 2. The van der Waals surface area contributed by atoms with Crippen molar-refractivity contribution in [2.75, 3.05) is 17.3 Å². The second-order valence-corrected chi connectivity index (χ2v) is 7.21. The van der Waals surface area contributed by atoms with E-state index < -0.39 is 0 Å². The largest absolute Gasteiger partial charge is 0.338 e. The van der Waals surface area contributed by atoms with Crippen molar-refractivity contribution in [3.63, 3.8) is 0 Å². The maximum absolute atomic E-state index is 6.33. The molecule has 1 atom stereocenters. The summed E-state index contributed by atoms with van der Waals surface area (Å²) in [7, 11) is 0. The van der Waals surface area contributed by atoms with E-state index in [9.17, 15) is 0 Å². The molecule has 1 aliphatic carbocycles. The molecule has 2 heterocycles. The smallest absolute Gasteiger partial charge is 0.240 e. The second-order valence-electron chi connectivity index (χ2n) is 4.75. The molecule has 0 aromatic carbocycles. The van der Waals surface area contributed by atoms with Crippen molar-refractivity contribution in [2.45, 2.75) is 36.5 Å². The van der Waals surface area contributed by atoms with Gasteiger partial charge in [-0.25, -0.2) is 0 Å². The molecule has 2 aliphatic rings. The van der Waals surface area contributed by atoms with Crippen LogP contribution in [0.25, 0.3) is 0 Å². The van der Waals surface area contributed by atoms with E-state index in [1.54, 1.807) is 0 Å². The molecular formula is C11H17N3OS2. The van der Waals surface area contributed by atoms with Crippen LogP contribution in [0.5, 0.6) is 0 Å². The van der Waals surface area contributed by atoms with Gasteiger partial charge in [0.2, 0.25) is 5.89 Å². The lowest BCUT2D eigenvalue weighted by Crippen LogP contribution is -2.34. The maximum Gasteiger partial charge on any atom is 0.240 e. The summed E-state index contributed by atoms with van der Waals surface area (Å²) in [5.74, 6) is 4.96. The van der Waals surface area contributed by atoms with Gasteiger partial charge in [0.25, 0.3) is 0 Å². The molecule has 2 N–H and O–H groups in total. The van der Waals surface area contributed by atoms with Crippen LogP contribution in [-0.2, 0) is 5.54 Å². The molecular weight excluding hydrogens is 254 g/mol. The van der Waals surface area contributed by atoms with Gasteiger partial charge in [-0.3, -0.25) is 0 Å². The Morgan fingerprint density at radius 3 is 2.82 bits per heavy atom. The van der Waals surface area contributed by atoms with Crippen LogP contribution >= 0.6 is 23.5 Å². The number of hydrogen-bond donors (Lipinski definition) is 1. The van der Waals surface area contributed by atoms with Crippen molar-refractivity contribution < 1.29 is 4.52 Å². The molecule has 0 amide bonds. The van der Waals surface area contributed by atoms with E-state index >= 15 is 0 Å². The van der Waals surface area contributed by atoms with Crippen molar-refractivity contribution in [2.24, 2.45) is 5.73 Å². The van der Waals surface area contributed by atoms with Gasteiger partial charge in [0.15, 0.2) is 5.82 Å². The van der Waals surface area contributed by atoms with Gasteiger partial charge in [-0.15, -0.1) is 11.8 Å². The lowest BCUT2D eigenvalue weighted by Gasteiger charge is -2.18. The van der Waals surface area contributed by atoms with Gasteiger partial charge >= 0.3 is 0 Å². The fourth-order valence-corrected chi connectivity index (χ4v) is 5.00. The Bertz CT molecular complexity index is 384. The highest BCUT2D eigenvalue weighted by molar-refractivity contribution is 8.06. The first-order valence-corrected chi connectivity index (χ1v) is 8.31. The van der Waals surface area contributed by atoms with Crippen LogP contribution in [0.2, 0.25) is 0 Å². The van der Waals surface area contributed by atoms with Crippen LogP contribution in [0, 0.1) is 0 Å². The van der Waals surface area contributed by atoms with Crippen molar-refractivity contribution >= 4 is 23.5 Å². The summed E-state index contributed by atoms with van der Waals surface area (Å²) < 4.78 is 5.41. The normalized spacial score (nSPS) is 28.4. The zero-order valence-electron chi connectivity index (χ0n) is 9.72. The molecule has 1 aromatic rings. The third-order valence-corrected chi connectivity index (χ3v) is 6.22. The minimum atomic E-state index is -0.325. The quantitative estimate of drug-likeness (QED) is 0.890. The molecule has 17 heavy (non-hydrogen) atoms. The average molecular weight is 271 g/mol. The van der Waals surface area contributed by atoms with Gasteiger partial charge in [-0.1, -0.05) is 18.0 Å². The third-order valence-electron chi connectivity index (χ3n) is 3.47. The number of rotatable bonds is 2. The Kier molecular flexibility index (Phi) is 3.36. The molecule has 0 spiro atoms. The van der Waals surface area contributed by atoms with Crippen LogP contribution in [-0.4, -0.2) is 27.4 Å².